The van der Waals surface area contributed by atoms with E-state index in [2.05, 4.69) is 0 Å². The molecule has 0 fully saturated rings. The Morgan fingerprint density at radius 2 is 1.88 bits per heavy atom. The zero-order valence-electron chi connectivity index (χ0n) is 18.3. The number of Topliss-reactive ketones (excluding diaryl/α,β-unsaturated/α-hetero) is 2. The fraction of sp³-hybridized carbons (Fsp3) is 0.435. The minimum atomic E-state index is -2.72. The number of halogens is 1. The number of primary amides is 1. The molecule has 9 nitrogen and oxygen atoms in total. The summed E-state index contributed by atoms with van der Waals surface area (Å²) in [4.78, 5) is 40.0. The smallest absolute Gasteiger partial charge is 0.255 e. The number of carbonyl (C=O) groups is 3. The topological polar surface area (TPSA) is 161 Å². The lowest BCUT2D eigenvalue weighted by atomic mass is 9.56. The highest BCUT2D eigenvalue weighted by Gasteiger charge is 2.64. The molecule has 3 aliphatic carbocycles. The summed E-state index contributed by atoms with van der Waals surface area (Å²) in [6, 6.07) is 0.983. The number of allylic oxidation sites excluding steroid dienone is 1. The lowest BCUT2D eigenvalue weighted by molar-refractivity contribution is -0.148. The van der Waals surface area contributed by atoms with Gasteiger partial charge in [0.2, 0.25) is 5.78 Å². The number of nitrogens with two attached hydrogens (primary N) is 1. The van der Waals surface area contributed by atoms with Crippen molar-refractivity contribution in [3.63, 3.8) is 0 Å². The first-order valence-electron chi connectivity index (χ1n) is 10.6. The van der Waals surface area contributed by atoms with Crippen molar-refractivity contribution < 1.29 is 39.2 Å². The zero-order valence-corrected chi connectivity index (χ0v) is 18.3. The zero-order chi connectivity index (χ0) is 24.6. The number of amides is 1. The number of ketones is 2. The van der Waals surface area contributed by atoms with Crippen molar-refractivity contribution in [2.24, 2.45) is 17.6 Å². The van der Waals surface area contributed by atoms with Gasteiger partial charge < -0.3 is 26.2 Å². The van der Waals surface area contributed by atoms with Crippen LogP contribution < -0.4 is 5.73 Å². The monoisotopic (exact) mass is 460 g/mol. The third-order valence-electron chi connectivity index (χ3n) is 7.26. The third-order valence-corrected chi connectivity index (χ3v) is 7.26. The average Bonchev–Trinajstić information content (AvgIpc) is 2.72. The van der Waals surface area contributed by atoms with Crippen LogP contribution in [0.15, 0.2) is 34.8 Å². The van der Waals surface area contributed by atoms with E-state index in [0.717, 1.165) is 12.1 Å². The van der Waals surface area contributed by atoms with Gasteiger partial charge >= 0.3 is 0 Å². The van der Waals surface area contributed by atoms with E-state index in [9.17, 15) is 39.2 Å². The summed E-state index contributed by atoms with van der Waals surface area (Å²) in [5.74, 6) is -8.92. The molecule has 0 heterocycles. The molecule has 176 valence electrons. The Hall–Kier alpha value is -3.24. The number of carbonyl (C=O) groups excluding carboxylic acids is 3. The normalized spacial score (nSPS) is 31.5. The Balaban J connectivity index is 2.04. The van der Waals surface area contributed by atoms with Gasteiger partial charge in [-0.3, -0.25) is 19.3 Å². The minimum Gasteiger partial charge on any atom is -0.510 e. The quantitative estimate of drug-likeness (QED) is 0.421. The summed E-state index contributed by atoms with van der Waals surface area (Å²) < 4.78 is 14.8. The predicted octanol–water partition coefficient (Wildman–Crippen LogP) is 1.21. The van der Waals surface area contributed by atoms with E-state index in [0.29, 0.717) is 6.42 Å². The number of aromatic hydroxyl groups is 1. The number of phenols is 1. The van der Waals surface area contributed by atoms with Gasteiger partial charge in [0.05, 0.1) is 11.6 Å². The molecule has 0 saturated heterocycles. The number of likely N-dealkylation sites (N-methyl/N-ethyl adjacent to an activating group) is 1. The molecule has 0 aliphatic heterocycles. The van der Waals surface area contributed by atoms with E-state index in [1.54, 1.807) is 21.0 Å². The molecular weight excluding hydrogens is 435 g/mol. The molecule has 5 atom stereocenters. The fourth-order valence-electron chi connectivity index (χ4n) is 5.89. The van der Waals surface area contributed by atoms with Crippen molar-refractivity contribution in [1.82, 2.24) is 4.90 Å². The number of fused-ring (bicyclic) bond motifs is 3. The fourth-order valence-corrected chi connectivity index (χ4v) is 5.89. The third kappa shape index (κ3) is 2.80. The number of hydrogen-bond donors (Lipinski definition) is 5. The summed E-state index contributed by atoms with van der Waals surface area (Å²) in [7, 11) is 3.09. The molecule has 0 bridgehead atoms. The second-order valence-corrected chi connectivity index (χ2v) is 9.04. The van der Waals surface area contributed by atoms with Gasteiger partial charge in [-0.05, 0) is 50.9 Å². The van der Waals surface area contributed by atoms with E-state index in [-0.39, 0.29) is 23.1 Å². The van der Waals surface area contributed by atoms with Gasteiger partial charge in [-0.1, -0.05) is 6.92 Å². The molecule has 0 radical (unpaired) electrons. The summed E-state index contributed by atoms with van der Waals surface area (Å²) in [6.45, 7) is 1.75. The van der Waals surface area contributed by atoms with Gasteiger partial charge in [0, 0.05) is 17.1 Å². The van der Waals surface area contributed by atoms with Crippen LogP contribution in [0, 0.1) is 17.7 Å². The Morgan fingerprint density at radius 1 is 1.24 bits per heavy atom. The molecule has 10 heteroatoms. The van der Waals surface area contributed by atoms with E-state index in [1.165, 1.54) is 4.90 Å². The van der Waals surface area contributed by atoms with Crippen LogP contribution >= 0.6 is 0 Å². The van der Waals surface area contributed by atoms with Gasteiger partial charge in [0.15, 0.2) is 11.4 Å². The highest BCUT2D eigenvalue weighted by atomic mass is 19.1. The lowest BCUT2D eigenvalue weighted by Gasteiger charge is -2.51. The number of aliphatic hydroxyl groups excluding tert-OH is 2. The van der Waals surface area contributed by atoms with Crippen molar-refractivity contribution in [3.8, 4) is 5.75 Å². The molecule has 4 rings (SSSR count). The largest absolute Gasteiger partial charge is 0.510 e. The van der Waals surface area contributed by atoms with Gasteiger partial charge in [-0.15, -0.1) is 0 Å². The van der Waals surface area contributed by atoms with Crippen LogP contribution in [0.25, 0.3) is 0 Å². The van der Waals surface area contributed by atoms with Crippen LogP contribution in [0.5, 0.6) is 5.75 Å². The van der Waals surface area contributed by atoms with E-state index in [1.807, 2.05) is 0 Å². The summed E-state index contributed by atoms with van der Waals surface area (Å²) in [5, 5.41) is 43.8. The van der Waals surface area contributed by atoms with Crippen molar-refractivity contribution in [2.45, 2.75) is 37.3 Å². The minimum absolute atomic E-state index is 0.00983. The van der Waals surface area contributed by atoms with Crippen LogP contribution in [-0.4, -0.2) is 68.5 Å². The van der Waals surface area contributed by atoms with Crippen molar-refractivity contribution >= 4 is 17.5 Å². The Bertz CT molecular complexity index is 1170. The molecule has 1 unspecified atom stereocenters. The van der Waals surface area contributed by atoms with E-state index < -0.39 is 75.5 Å². The summed E-state index contributed by atoms with van der Waals surface area (Å²) >= 11 is 0. The maximum Gasteiger partial charge on any atom is 0.255 e. The molecule has 1 aromatic rings. The number of aliphatic hydroxyl groups is 3. The molecule has 3 aliphatic rings. The van der Waals surface area contributed by atoms with Crippen molar-refractivity contribution in [1.29, 1.82) is 0 Å². The standard InChI is InChI=1S/C23H25FN2O7/c1-4-8-9-7-10-17(26(2)3)19(29)16(22(25)32)21(31)23(10,33)20(30)14(9)18(28)15-12(27)6-5-11(24)13(8)15/h5-6,8-10,17,27,29-30,33H,4,7H2,1-3H3,(H2,25,32)/t8?,9-,10+,17+,23+/m1/s1. The SMILES string of the molecule is CCC1c2c(F)ccc(O)c2C(=O)C2=C(O)[C@]3(O)C(=O)C(C(N)=O)=C(O)[C@@H](N(C)C)[C@@H]3C[C@@H]21. The Morgan fingerprint density at radius 3 is 2.42 bits per heavy atom. The van der Waals surface area contributed by atoms with Crippen LogP contribution in [-0.2, 0) is 9.59 Å². The molecule has 33 heavy (non-hydrogen) atoms. The second kappa shape index (κ2) is 7.39. The number of benzene rings is 1. The lowest BCUT2D eigenvalue weighted by Crippen LogP contribution is -2.64. The number of nitrogens with zero attached hydrogens (tertiary/aromatic N) is 1. The van der Waals surface area contributed by atoms with E-state index >= 15 is 0 Å². The first kappa shape index (κ1) is 22.9. The number of hydrogen-bond acceptors (Lipinski definition) is 8. The first-order chi connectivity index (χ1) is 15.4. The van der Waals surface area contributed by atoms with Gasteiger partial charge in [-0.2, -0.15) is 0 Å². The first-order valence-corrected chi connectivity index (χ1v) is 10.6. The number of rotatable bonds is 3. The highest BCUT2D eigenvalue weighted by molar-refractivity contribution is 6.24. The maximum absolute atomic E-state index is 14.8. The molecule has 1 amide bonds. The summed E-state index contributed by atoms with van der Waals surface area (Å²) in [5.41, 5.74) is 1.08. The van der Waals surface area contributed by atoms with Crippen molar-refractivity contribution in [2.75, 3.05) is 14.1 Å². The second-order valence-electron chi connectivity index (χ2n) is 9.04. The molecule has 0 saturated carbocycles. The predicted molar refractivity (Wildman–Crippen MR) is 113 cm³/mol. The van der Waals surface area contributed by atoms with Crippen LogP contribution in [0.4, 0.5) is 4.39 Å². The van der Waals surface area contributed by atoms with Crippen LogP contribution in [0.2, 0.25) is 0 Å². The maximum atomic E-state index is 14.8. The van der Waals surface area contributed by atoms with Gasteiger partial charge in [0.25, 0.3) is 5.91 Å². The molecule has 0 spiro atoms. The van der Waals surface area contributed by atoms with E-state index in [4.69, 9.17) is 5.73 Å². The number of phenolic OH excluding ortho intramolecular Hbond substituents is 1. The average molecular weight is 460 g/mol. The van der Waals surface area contributed by atoms with Crippen LogP contribution in [0.3, 0.4) is 0 Å². The molecule has 0 aromatic heterocycles. The van der Waals surface area contributed by atoms with Crippen LogP contribution in [0.1, 0.15) is 41.6 Å². The Labute approximate surface area is 188 Å². The Kier molecular flexibility index (Phi) is 5.14. The van der Waals surface area contributed by atoms with Gasteiger partial charge in [0.1, 0.15) is 28.7 Å². The molecule has 6 N–H and O–H groups in total. The summed E-state index contributed by atoms with van der Waals surface area (Å²) in [6.07, 6.45) is 0.238. The molecular formula is C23H25FN2O7. The molecule has 1 aromatic carbocycles. The van der Waals surface area contributed by atoms with Gasteiger partial charge in [-0.25, -0.2) is 4.39 Å². The highest BCUT2D eigenvalue weighted by Crippen LogP contribution is 2.56. The van der Waals surface area contributed by atoms with Crippen molar-refractivity contribution in [3.05, 3.63) is 51.7 Å².